The van der Waals surface area contributed by atoms with Gasteiger partial charge in [0.1, 0.15) is 5.70 Å². The Labute approximate surface area is 124 Å². The fraction of sp³-hybridized carbons (Fsp3) is 0. The number of halogens is 1. The molecule has 1 N–H and O–H groups in total. The first-order valence-corrected chi connectivity index (χ1v) is 7.12. The van der Waals surface area contributed by atoms with Gasteiger partial charge in [-0.3, -0.25) is 4.79 Å². The van der Waals surface area contributed by atoms with E-state index in [4.69, 9.17) is 11.6 Å². The van der Waals surface area contributed by atoms with Gasteiger partial charge in [0.05, 0.1) is 5.69 Å². The van der Waals surface area contributed by atoms with Crippen LogP contribution < -0.4 is 10.2 Å². The second-order valence-corrected chi connectivity index (χ2v) is 5.38. The van der Waals surface area contributed by atoms with Gasteiger partial charge in [0.25, 0.3) is 5.91 Å². The van der Waals surface area contributed by atoms with E-state index in [1.165, 1.54) is 11.3 Å². The predicted octanol–water partition coefficient (Wildman–Crippen LogP) is 3.50. The number of benzene rings is 1. The van der Waals surface area contributed by atoms with E-state index >= 15 is 0 Å². The first-order chi connectivity index (χ1) is 9.65. The van der Waals surface area contributed by atoms with Crippen LogP contribution in [0.3, 0.4) is 0 Å². The van der Waals surface area contributed by atoms with Crippen LogP contribution in [0.25, 0.3) is 6.08 Å². The average Bonchev–Trinajstić information content (AvgIpc) is 2.99. The molecular weight excluding hydrogens is 296 g/mol. The van der Waals surface area contributed by atoms with E-state index in [9.17, 15) is 9.59 Å². The van der Waals surface area contributed by atoms with Gasteiger partial charge >= 0.3 is 6.03 Å². The zero-order valence-corrected chi connectivity index (χ0v) is 11.7. The summed E-state index contributed by atoms with van der Waals surface area (Å²) in [5.41, 5.74) is 1.59. The average molecular weight is 305 g/mol. The number of carbonyl (C=O) groups excluding carboxylic acids is 2. The van der Waals surface area contributed by atoms with Gasteiger partial charge in [-0.1, -0.05) is 17.7 Å². The minimum atomic E-state index is -0.473. The van der Waals surface area contributed by atoms with Gasteiger partial charge in [-0.05, 0) is 46.7 Å². The second kappa shape index (κ2) is 5.11. The van der Waals surface area contributed by atoms with Crippen LogP contribution in [0, 0.1) is 0 Å². The standard InChI is InChI=1S/C14H9ClN2O2S/c15-10-2-1-3-11(7-10)17-13(18)12(16-14(17)19)6-9-4-5-20-8-9/h1-8H,(H,16,19)/b12-6+. The third-order valence-corrected chi connectivity index (χ3v) is 3.74. The third kappa shape index (κ3) is 2.33. The number of carbonyl (C=O) groups is 2. The highest BCUT2D eigenvalue weighted by Crippen LogP contribution is 2.25. The van der Waals surface area contributed by atoms with Crippen LogP contribution in [-0.4, -0.2) is 11.9 Å². The Kier molecular flexibility index (Phi) is 3.30. The van der Waals surface area contributed by atoms with E-state index < -0.39 is 6.03 Å². The van der Waals surface area contributed by atoms with Crippen molar-refractivity contribution in [2.75, 3.05) is 4.90 Å². The summed E-state index contributed by atoms with van der Waals surface area (Å²) in [6.45, 7) is 0. The third-order valence-electron chi connectivity index (χ3n) is 2.80. The maximum Gasteiger partial charge on any atom is 0.333 e. The van der Waals surface area contributed by atoms with Gasteiger partial charge < -0.3 is 5.32 Å². The first-order valence-electron chi connectivity index (χ1n) is 5.80. The largest absolute Gasteiger partial charge is 0.333 e. The molecule has 0 spiro atoms. The number of hydrogen-bond donors (Lipinski definition) is 1. The molecule has 0 atom stereocenters. The molecule has 1 aromatic carbocycles. The van der Waals surface area contributed by atoms with E-state index in [1.54, 1.807) is 30.3 Å². The number of urea groups is 1. The maximum atomic E-state index is 12.3. The Hall–Kier alpha value is -2.11. The molecule has 1 aliphatic rings. The summed E-state index contributed by atoms with van der Waals surface area (Å²) < 4.78 is 0. The minimum absolute atomic E-state index is 0.258. The van der Waals surface area contributed by atoms with Crippen LogP contribution in [0.5, 0.6) is 0 Å². The smallest absolute Gasteiger partial charge is 0.302 e. The molecule has 20 heavy (non-hydrogen) atoms. The molecule has 1 aliphatic heterocycles. The predicted molar refractivity (Wildman–Crippen MR) is 79.8 cm³/mol. The summed E-state index contributed by atoms with van der Waals surface area (Å²) in [4.78, 5) is 25.3. The molecule has 2 heterocycles. The number of nitrogens with one attached hydrogen (secondary N) is 1. The SMILES string of the molecule is O=C1N/C(=C/c2ccsc2)C(=O)N1c1cccc(Cl)c1. The highest BCUT2D eigenvalue weighted by atomic mass is 35.5. The Morgan fingerprint density at radius 2 is 2.10 bits per heavy atom. The molecule has 4 nitrogen and oxygen atoms in total. The Bertz CT molecular complexity index is 710. The lowest BCUT2D eigenvalue weighted by Gasteiger charge is -2.11. The molecule has 0 radical (unpaired) electrons. The number of imide groups is 1. The summed E-state index contributed by atoms with van der Waals surface area (Å²) in [6, 6.07) is 8.02. The number of hydrogen-bond acceptors (Lipinski definition) is 3. The van der Waals surface area contributed by atoms with E-state index in [2.05, 4.69) is 5.32 Å². The van der Waals surface area contributed by atoms with Crippen molar-refractivity contribution in [2.24, 2.45) is 0 Å². The van der Waals surface area contributed by atoms with Crippen LogP contribution in [0.2, 0.25) is 5.02 Å². The van der Waals surface area contributed by atoms with Crippen LogP contribution in [0.15, 0.2) is 46.8 Å². The zero-order valence-electron chi connectivity index (χ0n) is 10.2. The van der Waals surface area contributed by atoms with Crippen molar-refractivity contribution >= 4 is 46.6 Å². The Morgan fingerprint density at radius 1 is 1.25 bits per heavy atom. The van der Waals surface area contributed by atoms with Gasteiger partial charge in [-0.2, -0.15) is 11.3 Å². The molecule has 0 unspecified atom stereocenters. The molecule has 1 fully saturated rings. The second-order valence-electron chi connectivity index (χ2n) is 4.17. The van der Waals surface area contributed by atoms with Crippen molar-refractivity contribution in [3.8, 4) is 0 Å². The summed E-state index contributed by atoms with van der Waals surface area (Å²) >= 11 is 7.41. The van der Waals surface area contributed by atoms with Gasteiger partial charge in [0, 0.05) is 5.02 Å². The molecule has 3 rings (SSSR count). The number of thiophene rings is 1. The molecule has 6 heteroatoms. The molecular formula is C14H9ClN2O2S. The lowest BCUT2D eigenvalue weighted by molar-refractivity contribution is -0.113. The van der Waals surface area contributed by atoms with Crippen molar-refractivity contribution in [1.82, 2.24) is 5.32 Å². The molecule has 100 valence electrons. The quantitative estimate of drug-likeness (QED) is 0.682. The van der Waals surface area contributed by atoms with Crippen molar-refractivity contribution in [1.29, 1.82) is 0 Å². The van der Waals surface area contributed by atoms with Crippen molar-refractivity contribution in [2.45, 2.75) is 0 Å². The molecule has 3 amide bonds. The normalized spacial score (nSPS) is 16.9. The molecule has 1 saturated heterocycles. The van der Waals surface area contributed by atoms with E-state index in [0.717, 1.165) is 10.5 Å². The van der Waals surface area contributed by atoms with Gasteiger partial charge in [-0.15, -0.1) is 0 Å². The van der Waals surface area contributed by atoms with Gasteiger partial charge in [0.15, 0.2) is 0 Å². The molecule has 2 aromatic rings. The number of amides is 3. The fourth-order valence-electron chi connectivity index (χ4n) is 1.91. The first kappa shape index (κ1) is 12.9. The monoisotopic (exact) mass is 304 g/mol. The summed E-state index contributed by atoms with van der Waals surface area (Å²) in [6.07, 6.45) is 1.65. The molecule has 0 bridgehead atoms. The topological polar surface area (TPSA) is 49.4 Å². The van der Waals surface area contributed by atoms with Crippen LogP contribution in [-0.2, 0) is 4.79 Å². The van der Waals surface area contributed by atoms with Crippen molar-refractivity contribution in [3.05, 3.63) is 57.4 Å². The van der Waals surface area contributed by atoms with Crippen LogP contribution >= 0.6 is 22.9 Å². The molecule has 0 aliphatic carbocycles. The van der Waals surface area contributed by atoms with Crippen molar-refractivity contribution in [3.63, 3.8) is 0 Å². The van der Waals surface area contributed by atoms with E-state index in [0.29, 0.717) is 10.7 Å². The van der Waals surface area contributed by atoms with Crippen LogP contribution in [0.4, 0.5) is 10.5 Å². The summed E-state index contributed by atoms with van der Waals surface area (Å²) in [5, 5.41) is 6.84. The molecule has 1 aromatic heterocycles. The van der Waals surface area contributed by atoms with E-state index in [1.807, 2.05) is 16.8 Å². The lowest BCUT2D eigenvalue weighted by Crippen LogP contribution is -2.30. The zero-order chi connectivity index (χ0) is 14.1. The Balaban J connectivity index is 1.95. The van der Waals surface area contributed by atoms with E-state index in [-0.39, 0.29) is 11.6 Å². The number of nitrogens with zero attached hydrogens (tertiary/aromatic N) is 1. The summed E-state index contributed by atoms with van der Waals surface area (Å²) in [7, 11) is 0. The minimum Gasteiger partial charge on any atom is -0.302 e. The Morgan fingerprint density at radius 3 is 2.80 bits per heavy atom. The number of rotatable bonds is 2. The van der Waals surface area contributed by atoms with Gasteiger partial charge in [0.2, 0.25) is 0 Å². The fourth-order valence-corrected chi connectivity index (χ4v) is 2.71. The van der Waals surface area contributed by atoms with Gasteiger partial charge in [-0.25, -0.2) is 9.69 Å². The molecule has 0 saturated carbocycles. The van der Waals surface area contributed by atoms with Crippen molar-refractivity contribution < 1.29 is 9.59 Å². The lowest BCUT2D eigenvalue weighted by atomic mass is 10.2. The summed E-state index contributed by atoms with van der Waals surface area (Å²) in [5.74, 6) is -0.386. The highest BCUT2D eigenvalue weighted by Gasteiger charge is 2.34. The van der Waals surface area contributed by atoms with Crippen LogP contribution in [0.1, 0.15) is 5.56 Å². The highest BCUT2D eigenvalue weighted by molar-refractivity contribution is 7.08. The maximum absolute atomic E-state index is 12.3. The number of anilines is 1.